The van der Waals surface area contributed by atoms with Gasteiger partial charge in [-0.25, -0.2) is 0 Å². The predicted molar refractivity (Wildman–Crippen MR) is 78.4 cm³/mol. The molecule has 2 unspecified atom stereocenters. The van der Waals surface area contributed by atoms with Gasteiger partial charge in [0.05, 0.1) is 6.04 Å². The summed E-state index contributed by atoms with van der Waals surface area (Å²) in [6.45, 7) is 3.73. The van der Waals surface area contributed by atoms with Crippen LogP contribution in [0.4, 0.5) is 0 Å². The lowest BCUT2D eigenvalue weighted by Crippen LogP contribution is -2.51. The number of halogens is 1. The Balaban J connectivity index is 1.77. The molecule has 3 nitrogen and oxygen atoms in total. The third-order valence-corrected chi connectivity index (χ3v) is 3.89. The van der Waals surface area contributed by atoms with E-state index < -0.39 is 0 Å². The molecule has 0 saturated carbocycles. The van der Waals surface area contributed by atoms with Crippen LogP contribution in [0.1, 0.15) is 25.3 Å². The van der Waals surface area contributed by atoms with Gasteiger partial charge in [-0.3, -0.25) is 4.79 Å². The summed E-state index contributed by atoms with van der Waals surface area (Å²) in [6, 6.07) is 7.73. The second-order valence-electron chi connectivity index (χ2n) is 5.22. The summed E-state index contributed by atoms with van der Waals surface area (Å²) >= 11 is 5.93. The number of amides is 1. The van der Waals surface area contributed by atoms with Crippen LogP contribution in [-0.4, -0.2) is 25.0 Å². The first-order valence-corrected chi connectivity index (χ1v) is 7.30. The lowest BCUT2D eigenvalue weighted by atomic mass is 9.92. The van der Waals surface area contributed by atoms with Crippen molar-refractivity contribution in [2.45, 2.75) is 32.2 Å². The highest BCUT2D eigenvalue weighted by molar-refractivity contribution is 6.30. The summed E-state index contributed by atoms with van der Waals surface area (Å²) in [5.74, 6) is 0.536. The molecule has 2 atom stereocenters. The zero-order chi connectivity index (χ0) is 13.7. The van der Waals surface area contributed by atoms with E-state index in [1.807, 2.05) is 24.3 Å². The molecular formula is C15H21ClN2O. The molecule has 1 aliphatic rings. The van der Waals surface area contributed by atoms with Gasteiger partial charge >= 0.3 is 0 Å². The van der Waals surface area contributed by atoms with E-state index in [9.17, 15) is 4.79 Å². The van der Waals surface area contributed by atoms with Crippen LogP contribution < -0.4 is 10.6 Å². The molecule has 1 saturated heterocycles. The summed E-state index contributed by atoms with van der Waals surface area (Å²) in [5.41, 5.74) is 1.15. The van der Waals surface area contributed by atoms with E-state index in [1.165, 1.54) is 0 Å². The van der Waals surface area contributed by atoms with Gasteiger partial charge in [0.15, 0.2) is 0 Å². The van der Waals surface area contributed by atoms with Crippen LogP contribution >= 0.6 is 11.6 Å². The Labute approximate surface area is 119 Å². The molecule has 1 aromatic rings. The van der Waals surface area contributed by atoms with Crippen molar-refractivity contribution in [3.05, 3.63) is 34.9 Å². The molecule has 2 rings (SSSR count). The Kier molecular flexibility index (Phi) is 5.23. The van der Waals surface area contributed by atoms with Crippen molar-refractivity contribution < 1.29 is 4.79 Å². The highest BCUT2D eigenvalue weighted by Crippen LogP contribution is 2.15. The number of piperidine rings is 1. The molecule has 4 heteroatoms. The lowest BCUT2D eigenvalue weighted by molar-refractivity contribution is -0.124. The van der Waals surface area contributed by atoms with E-state index in [-0.39, 0.29) is 11.9 Å². The number of carbonyl (C=O) groups excluding carboxylic acids is 1. The maximum absolute atomic E-state index is 12.1. The van der Waals surface area contributed by atoms with Crippen LogP contribution in [0.15, 0.2) is 24.3 Å². The van der Waals surface area contributed by atoms with E-state index in [1.54, 1.807) is 0 Å². The monoisotopic (exact) mass is 280 g/mol. The average Bonchev–Trinajstić information content (AvgIpc) is 2.39. The minimum Gasteiger partial charge on any atom is -0.354 e. The van der Waals surface area contributed by atoms with Crippen molar-refractivity contribution >= 4 is 17.5 Å². The average molecular weight is 281 g/mol. The van der Waals surface area contributed by atoms with Gasteiger partial charge < -0.3 is 10.6 Å². The number of carbonyl (C=O) groups is 1. The van der Waals surface area contributed by atoms with Crippen molar-refractivity contribution in [3.8, 4) is 0 Å². The second kappa shape index (κ2) is 6.92. The first-order chi connectivity index (χ1) is 9.16. The van der Waals surface area contributed by atoms with Gasteiger partial charge in [-0.1, -0.05) is 30.7 Å². The number of benzene rings is 1. The number of hydrogen-bond acceptors (Lipinski definition) is 2. The molecule has 0 spiro atoms. The summed E-state index contributed by atoms with van der Waals surface area (Å²) in [4.78, 5) is 12.1. The molecule has 0 radical (unpaired) electrons. The normalized spacial score (nSPS) is 23.1. The molecule has 104 valence electrons. The van der Waals surface area contributed by atoms with E-state index in [4.69, 9.17) is 11.6 Å². The Morgan fingerprint density at radius 3 is 3.11 bits per heavy atom. The third-order valence-electron chi connectivity index (χ3n) is 3.65. The van der Waals surface area contributed by atoms with Crippen molar-refractivity contribution in [1.82, 2.24) is 10.6 Å². The molecule has 0 aromatic heterocycles. The van der Waals surface area contributed by atoms with Gasteiger partial charge in [0.25, 0.3) is 0 Å². The fourth-order valence-electron chi connectivity index (χ4n) is 2.53. The lowest BCUT2D eigenvalue weighted by Gasteiger charge is -2.28. The summed E-state index contributed by atoms with van der Waals surface area (Å²) < 4.78 is 0. The van der Waals surface area contributed by atoms with Gasteiger partial charge in [0, 0.05) is 11.6 Å². The minimum atomic E-state index is -0.0342. The maximum Gasteiger partial charge on any atom is 0.237 e. The molecule has 0 bridgehead atoms. The Morgan fingerprint density at radius 2 is 2.37 bits per heavy atom. The predicted octanol–water partition coefficient (Wildman–Crippen LogP) is 2.39. The summed E-state index contributed by atoms with van der Waals surface area (Å²) in [7, 11) is 0. The van der Waals surface area contributed by atoms with E-state index >= 15 is 0 Å². The second-order valence-corrected chi connectivity index (χ2v) is 5.66. The Hall–Kier alpha value is -1.06. The van der Waals surface area contributed by atoms with Crippen LogP contribution in [0.3, 0.4) is 0 Å². The van der Waals surface area contributed by atoms with Gasteiger partial charge in [-0.05, 0) is 49.4 Å². The third kappa shape index (κ3) is 4.22. The molecular weight excluding hydrogens is 260 g/mol. The Bertz CT molecular complexity index is 436. The molecule has 1 aliphatic heterocycles. The largest absolute Gasteiger partial charge is 0.354 e. The van der Waals surface area contributed by atoms with Gasteiger partial charge in [-0.15, -0.1) is 0 Å². The molecule has 19 heavy (non-hydrogen) atoms. The molecule has 1 aromatic carbocycles. The van der Waals surface area contributed by atoms with Crippen LogP contribution in [0.5, 0.6) is 0 Å². The topological polar surface area (TPSA) is 41.1 Å². The van der Waals surface area contributed by atoms with Crippen molar-refractivity contribution in [3.63, 3.8) is 0 Å². The minimum absolute atomic E-state index is 0.0342. The number of hydrogen-bond donors (Lipinski definition) is 2. The van der Waals surface area contributed by atoms with Gasteiger partial charge in [0.2, 0.25) is 5.91 Å². The SMILES string of the molecule is CC1CCCNC1C(=O)NCCc1cccc(Cl)c1. The molecule has 0 aliphatic carbocycles. The zero-order valence-corrected chi connectivity index (χ0v) is 12.0. The maximum atomic E-state index is 12.1. The highest BCUT2D eigenvalue weighted by Gasteiger charge is 2.26. The summed E-state index contributed by atoms with van der Waals surface area (Å²) in [5, 5.41) is 7.04. The highest BCUT2D eigenvalue weighted by atomic mass is 35.5. The molecule has 1 amide bonds. The van der Waals surface area contributed by atoms with Gasteiger partial charge in [0.1, 0.15) is 0 Å². The van der Waals surface area contributed by atoms with Crippen molar-refractivity contribution in [1.29, 1.82) is 0 Å². The quantitative estimate of drug-likeness (QED) is 0.889. The van der Waals surface area contributed by atoms with Gasteiger partial charge in [-0.2, -0.15) is 0 Å². The summed E-state index contributed by atoms with van der Waals surface area (Å²) in [6.07, 6.45) is 3.10. The standard InChI is InChI=1S/C15H21ClN2O/c1-11-4-3-8-17-14(11)15(19)18-9-7-12-5-2-6-13(16)10-12/h2,5-6,10-11,14,17H,3-4,7-9H2,1H3,(H,18,19). The first-order valence-electron chi connectivity index (χ1n) is 6.92. The Morgan fingerprint density at radius 1 is 1.53 bits per heavy atom. The van der Waals surface area contributed by atoms with E-state index in [0.717, 1.165) is 36.4 Å². The van der Waals surface area contributed by atoms with Crippen LogP contribution in [0.2, 0.25) is 5.02 Å². The first kappa shape index (κ1) is 14.4. The van der Waals surface area contributed by atoms with Crippen molar-refractivity contribution in [2.24, 2.45) is 5.92 Å². The van der Waals surface area contributed by atoms with Crippen LogP contribution in [0, 0.1) is 5.92 Å². The molecule has 1 heterocycles. The van der Waals surface area contributed by atoms with E-state index in [2.05, 4.69) is 17.6 Å². The molecule has 1 fully saturated rings. The zero-order valence-electron chi connectivity index (χ0n) is 11.3. The number of rotatable bonds is 4. The van der Waals surface area contributed by atoms with Crippen LogP contribution in [0.25, 0.3) is 0 Å². The fourth-order valence-corrected chi connectivity index (χ4v) is 2.75. The van der Waals surface area contributed by atoms with E-state index in [0.29, 0.717) is 12.5 Å². The van der Waals surface area contributed by atoms with Crippen LogP contribution in [-0.2, 0) is 11.2 Å². The fraction of sp³-hybridized carbons (Fsp3) is 0.533. The number of nitrogens with one attached hydrogen (secondary N) is 2. The van der Waals surface area contributed by atoms with Crippen molar-refractivity contribution in [2.75, 3.05) is 13.1 Å². The molecule has 2 N–H and O–H groups in total. The smallest absolute Gasteiger partial charge is 0.237 e.